The number of hydrogen-bond acceptors (Lipinski definition) is 3. The molecular formula is C8H10N4O. The first kappa shape index (κ1) is 9.26. The van der Waals surface area contributed by atoms with E-state index in [4.69, 9.17) is 6.42 Å². The van der Waals surface area contributed by atoms with Gasteiger partial charge in [-0.3, -0.25) is 10.1 Å². The van der Waals surface area contributed by atoms with Crippen LogP contribution >= 0.6 is 0 Å². The van der Waals surface area contributed by atoms with Gasteiger partial charge in [0.15, 0.2) is 0 Å². The van der Waals surface area contributed by atoms with Gasteiger partial charge in [0.2, 0.25) is 11.9 Å². The number of carbonyl (C=O) groups excluding carboxylic acids is 1. The monoisotopic (exact) mass is 178 g/mol. The molecule has 13 heavy (non-hydrogen) atoms. The maximum atomic E-state index is 11.1. The lowest BCUT2D eigenvalue weighted by Gasteiger charge is -2.00. The Kier molecular flexibility index (Phi) is 3.03. The first-order valence-electron chi connectivity index (χ1n) is 3.81. The second kappa shape index (κ2) is 4.26. The molecule has 5 nitrogen and oxygen atoms in total. The van der Waals surface area contributed by atoms with E-state index in [0.717, 1.165) is 0 Å². The average molecular weight is 178 g/mol. The van der Waals surface area contributed by atoms with Crippen molar-refractivity contribution in [3.05, 3.63) is 6.33 Å². The molecule has 68 valence electrons. The van der Waals surface area contributed by atoms with Crippen LogP contribution in [0.3, 0.4) is 0 Å². The minimum absolute atomic E-state index is 0.144. The second-order valence-corrected chi connectivity index (χ2v) is 2.46. The predicted molar refractivity (Wildman–Crippen MR) is 47.7 cm³/mol. The van der Waals surface area contributed by atoms with Crippen molar-refractivity contribution in [2.75, 3.05) is 5.32 Å². The van der Waals surface area contributed by atoms with Crippen LogP contribution in [0.15, 0.2) is 6.33 Å². The summed E-state index contributed by atoms with van der Waals surface area (Å²) in [6.45, 7) is 0. The summed E-state index contributed by atoms with van der Waals surface area (Å²) in [6.07, 6.45) is 7.13. The fourth-order valence-electron chi connectivity index (χ4n) is 0.782. The molecule has 1 rings (SSSR count). The third kappa shape index (κ3) is 2.60. The number of amides is 1. The molecular weight excluding hydrogens is 168 g/mol. The van der Waals surface area contributed by atoms with Crippen LogP contribution < -0.4 is 5.32 Å². The smallest absolute Gasteiger partial charge is 0.227 e. The van der Waals surface area contributed by atoms with Gasteiger partial charge in [-0.2, -0.15) is 10.1 Å². The molecule has 0 aromatic carbocycles. The Balaban J connectivity index is 2.46. The molecule has 0 aliphatic heterocycles. The van der Waals surface area contributed by atoms with E-state index in [2.05, 4.69) is 21.3 Å². The summed E-state index contributed by atoms with van der Waals surface area (Å²) < 4.78 is 1.48. The van der Waals surface area contributed by atoms with Crippen molar-refractivity contribution >= 4 is 11.9 Å². The summed E-state index contributed by atoms with van der Waals surface area (Å²) in [4.78, 5) is 15.0. The Bertz CT molecular complexity index is 336. The molecule has 0 fully saturated rings. The summed E-state index contributed by atoms with van der Waals surface area (Å²) in [5.41, 5.74) is 0. The topological polar surface area (TPSA) is 59.8 Å². The van der Waals surface area contributed by atoms with Crippen molar-refractivity contribution in [3.8, 4) is 12.3 Å². The lowest BCUT2D eigenvalue weighted by Crippen LogP contribution is -2.14. The van der Waals surface area contributed by atoms with E-state index in [1.807, 2.05) is 0 Å². The van der Waals surface area contributed by atoms with E-state index in [-0.39, 0.29) is 5.91 Å². The number of anilines is 1. The molecule has 1 aromatic rings. The molecule has 0 saturated heterocycles. The maximum absolute atomic E-state index is 11.1. The number of rotatable bonds is 3. The first-order chi connectivity index (χ1) is 6.24. The predicted octanol–water partition coefficient (Wildman–Crippen LogP) is 0.167. The molecule has 0 aliphatic carbocycles. The van der Waals surface area contributed by atoms with Crippen molar-refractivity contribution < 1.29 is 4.79 Å². The molecule has 1 heterocycles. The van der Waals surface area contributed by atoms with Crippen LogP contribution in [0.2, 0.25) is 0 Å². The zero-order valence-electron chi connectivity index (χ0n) is 7.32. The fourth-order valence-corrected chi connectivity index (χ4v) is 0.782. The summed E-state index contributed by atoms with van der Waals surface area (Å²) in [7, 11) is 1.70. The summed E-state index contributed by atoms with van der Waals surface area (Å²) in [6, 6.07) is 0. The van der Waals surface area contributed by atoms with Crippen LogP contribution in [-0.2, 0) is 11.8 Å². The molecule has 0 aliphatic rings. The highest BCUT2D eigenvalue weighted by atomic mass is 16.1. The minimum Gasteiger partial charge on any atom is -0.295 e. The highest BCUT2D eigenvalue weighted by molar-refractivity contribution is 5.89. The summed E-state index contributed by atoms with van der Waals surface area (Å²) in [5, 5.41) is 6.38. The van der Waals surface area contributed by atoms with Gasteiger partial charge in [0.25, 0.3) is 0 Å². The van der Waals surface area contributed by atoms with E-state index in [1.54, 1.807) is 7.05 Å². The molecule has 0 saturated carbocycles. The normalized spacial score (nSPS) is 9.23. The molecule has 0 radical (unpaired) electrons. The number of aryl methyl sites for hydroxylation is 1. The second-order valence-electron chi connectivity index (χ2n) is 2.46. The quantitative estimate of drug-likeness (QED) is 0.671. The molecule has 5 heteroatoms. The van der Waals surface area contributed by atoms with Crippen LogP contribution in [0.5, 0.6) is 0 Å². The SMILES string of the molecule is C#CCCC(=O)Nc1ncnn1C. The molecule has 0 spiro atoms. The standard InChI is InChI=1S/C8H10N4O/c1-3-4-5-7(13)11-8-9-6-10-12(8)2/h1,6H,4-5H2,2H3,(H,9,10,11,13). The van der Waals surface area contributed by atoms with Gasteiger partial charge in [0.05, 0.1) is 0 Å². The van der Waals surface area contributed by atoms with Crippen LogP contribution in [0.1, 0.15) is 12.8 Å². The first-order valence-corrected chi connectivity index (χ1v) is 3.81. The van der Waals surface area contributed by atoms with E-state index >= 15 is 0 Å². The largest absolute Gasteiger partial charge is 0.295 e. The number of hydrogen-bond donors (Lipinski definition) is 1. The van der Waals surface area contributed by atoms with Crippen LogP contribution in [0.4, 0.5) is 5.95 Å². The molecule has 1 N–H and O–H groups in total. The molecule has 0 unspecified atom stereocenters. The van der Waals surface area contributed by atoms with E-state index in [9.17, 15) is 4.79 Å². The Hall–Kier alpha value is -1.83. The van der Waals surface area contributed by atoms with Crippen LogP contribution in [0, 0.1) is 12.3 Å². The third-order valence-corrected chi connectivity index (χ3v) is 1.46. The van der Waals surface area contributed by atoms with Gasteiger partial charge in [-0.05, 0) is 0 Å². The Morgan fingerprint density at radius 2 is 2.62 bits per heavy atom. The lowest BCUT2D eigenvalue weighted by atomic mass is 10.3. The summed E-state index contributed by atoms with van der Waals surface area (Å²) >= 11 is 0. The molecule has 0 atom stereocenters. The van der Waals surface area contributed by atoms with Crippen LogP contribution in [0.25, 0.3) is 0 Å². The van der Waals surface area contributed by atoms with E-state index in [1.165, 1.54) is 11.0 Å². The molecule has 1 aromatic heterocycles. The van der Waals surface area contributed by atoms with E-state index < -0.39 is 0 Å². The Labute approximate surface area is 76.2 Å². The minimum atomic E-state index is -0.144. The van der Waals surface area contributed by atoms with E-state index in [0.29, 0.717) is 18.8 Å². The van der Waals surface area contributed by atoms with Gasteiger partial charge in [0, 0.05) is 19.9 Å². The Morgan fingerprint density at radius 1 is 1.85 bits per heavy atom. The lowest BCUT2D eigenvalue weighted by molar-refractivity contribution is -0.116. The zero-order valence-corrected chi connectivity index (χ0v) is 7.32. The van der Waals surface area contributed by atoms with Crippen molar-refractivity contribution in [3.63, 3.8) is 0 Å². The van der Waals surface area contributed by atoms with Crippen molar-refractivity contribution in [1.29, 1.82) is 0 Å². The maximum Gasteiger partial charge on any atom is 0.227 e. The van der Waals surface area contributed by atoms with Gasteiger partial charge >= 0.3 is 0 Å². The number of nitrogens with one attached hydrogen (secondary N) is 1. The van der Waals surface area contributed by atoms with Gasteiger partial charge < -0.3 is 0 Å². The fraction of sp³-hybridized carbons (Fsp3) is 0.375. The van der Waals surface area contributed by atoms with Crippen LogP contribution in [-0.4, -0.2) is 20.7 Å². The van der Waals surface area contributed by atoms with Gasteiger partial charge in [-0.15, -0.1) is 12.3 Å². The average Bonchev–Trinajstić information content (AvgIpc) is 2.48. The number of aromatic nitrogens is 3. The number of terminal acetylenes is 1. The molecule has 1 amide bonds. The van der Waals surface area contributed by atoms with Gasteiger partial charge in [-0.25, -0.2) is 4.68 Å². The van der Waals surface area contributed by atoms with Crippen molar-refractivity contribution in [2.24, 2.45) is 7.05 Å². The zero-order chi connectivity index (χ0) is 9.68. The highest BCUT2D eigenvalue weighted by Gasteiger charge is 2.04. The summed E-state index contributed by atoms with van der Waals surface area (Å²) in [5.74, 6) is 2.68. The van der Waals surface area contributed by atoms with Gasteiger partial charge in [0.1, 0.15) is 6.33 Å². The third-order valence-electron chi connectivity index (χ3n) is 1.46. The van der Waals surface area contributed by atoms with Crippen molar-refractivity contribution in [2.45, 2.75) is 12.8 Å². The van der Waals surface area contributed by atoms with Crippen molar-refractivity contribution in [1.82, 2.24) is 14.8 Å². The number of nitrogens with zero attached hydrogens (tertiary/aromatic N) is 3. The Morgan fingerprint density at radius 3 is 3.15 bits per heavy atom. The highest BCUT2D eigenvalue weighted by Crippen LogP contribution is 1.99. The number of carbonyl (C=O) groups is 1. The van der Waals surface area contributed by atoms with Gasteiger partial charge in [-0.1, -0.05) is 0 Å². The molecule has 0 bridgehead atoms.